The van der Waals surface area contributed by atoms with Gasteiger partial charge >= 0.3 is 0 Å². The molecule has 0 aliphatic carbocycles. The standard InChI is InChI=1S/C19H23N5O4/c1-12(20)19(26)23-8-5-14(6-9-23)24-17(4-7-21-24)22-18(25)13-2-3-15-16(10-13)28-11-27-15/h2-4,7,10,12,14H,5-6,8-9,11,20H2,1H3,(H,22,25)/t12-/m1/s1. The third kappa shape index (κ3) is 3.53. The summed E-state index contributed by atoms with van der Waals surface area (Å²) in [6, 6.07) is 6.47. The van der Waals surface area contributed by atoms with Crippen LogP contribution in [0.3, 0.4) is 0 Å². The topological polar surface area (TPSA) is 112 Å². The highest BCUT2D eigenvalue weighted by molar-refractivity contribution is 6.04. The van der Waals surface area contributed by atoms with Crippen molar-refractivity contribution >= 4 is 17.6 Å². The lowest BCUT2D eigenvalue weighted by Crippen LogP contribution is -2.46. The summed E-state index contributed by atoms with van der Waals surface area (Å²) in [7, 11) is 0. The van der Waals surface area contributed by atoms with Gasteiger partial charge in [-0.3, -0.25) is 9.59 Å². The summed E-state index contributed by atoms with van der Waals surface area (Å²) in [4.78, 5) is 26.5. The van der Waals surface area contributed by atoms with Gasteiger partial charge in [-0.2, -0.15) is 5.10 Å². The summed E-state index contributed by atoms with van der Waals surface area (Å²) >= 11 is 0. The average molecular weight is 385 g/mol. The maximum atomic E-state index is 12.6. The molecule has 4 rings (SSSR count). The highest BCUT2D eigenvalue weighted by Crippen LogP contribution is 2.33. The van der Waals surface area contributed by atoms with Crippen LogP contribution in [0.2, 0.25) is 0 Å². The van der Waals surface area contributed by atoms with Crippen molar-refractivity contribution in [3.63, 3.8) is 0 Å². The zero-order valence-electron chi connectivity index (χ0n) is 15.6. The Labute approximate surface area is 162 Å². The van der Waals surface area contributed by atoms with Crippen LogP contribution in [0.15, 0.2) is 30.5 Å². The van der Waals surface area contributed by atoms with Crippen molar-refractivity contribution in [3.8, 4) is 11.5 Å². The van der Waals surface area contributed by atoms with Gasteiger partial charge in [-0.15, -0.1) is 0 Å². The van der Waals surface area contributed by atoms with Crippen molar-refractivity contribution < 1.29 is 19.1 Å². The van der Waals surface area contributed by atoms with E-state index in [1.807, 2.05) is 4.68 Å². The molecule has 3 N–H and O–H groups in total. The molecule has 0 unspecified atom stereocenters. The minimum absolute atomic E-state index is 0.0322. The molecule has 1 aromatic heterocycles. The van der Waals surface area contributed by atoms with Gasteiger partial charge in [-0.05, 0) is 38.0 Å². The van der Waals surface area contributed by atoms with E-state index in [1.165, 1.54) is 0 Å². The van der Waals surface area contributed by atoms with Crippen molar-refractivity contribution in [3.05, 3.63) is 36.0 Å². The summed E-state index contributed by atoms with van der Waals surface area (Å²) in [6.07, 6.45) is 3.18. The fraction of sp³-hybridized carbons (Fsp3) is 0.421. The van der Waals surface area contributed by atoms with Crippen LogP contribution in [-0.4, -0.2) is 52.4 Å². The number of anilines is 1. The van der Waals surface area contributed by atoms with Gasteiger partial charge in [0.05, 0.1) is 18.3 Å². The van der Waals surface area contributed by atoms with Crippen LogP contribution >= 0.6 is 0 Å². The molecular formula is C19H23N5O4. The molecule has 9 nitrogen and oxygen atoms in total. The maximum Gasteiger partial charge on any atom is 0.256 e. The molecule has 0 radical (unpaired) electrons. The summed E-state index contributed by atoms with van der Waals surface area (Å²) in [5.41, 5.74) is 6.17. The summed E-state index contributed by atoms with van der Waals surface area (Å²) in [5, 5.41) is 7.29. The first-order valence-corrected chi connectivity index (χ1v) is 9.32. The molecule has 3 heterocycles. The Bertz CT molecular complexity index is 886. The van der Waals surface area contributed by atoms with Crippen molar-refractivity contribution in [1.82, 2.24) is 14.7 Å². The summed E-state index contributed by atoms with van der Waals surface area (Å²) in [5.74, 6) is 1.54. The Morgan fingerprint density at radius 1 is 1.21 bits per heavy atom. The van der Waals surface area contributed by atoms with Gasteiger partial charge in [0.2, 0.25) is 12.7 Å². The predicted molar refractivity (Wildman–Crippen MR) is 101 cm³/mol. The van der Waals surface area contributed by atoms with E-state index in [9.17, 15) is 9.59 Å². The van der Waals surface area contributed by atoms with Crippen LogP contribution in [0, 0.1) is 0 Å². The number of nitrogens with one attached hydrogen (secondary N) is 1. The van der Waals surface area contributed by atoms with Crippen LogP contribution in [0.4, 0.5) is 5.82 Å². The second-order valence-corrected chi connectivity index (χ2v) is 7.03. The lowest BCUT2D eigenvalue weighted by atomic mass is 10.0. The number of benzene rings is 1. The van der Waals surface area contributed by atoms with E-state index in [2.05, 4.69) is 10.4 Å². The Morgan fingerprint density at radius 2 is 1.96 bits per heavy atom. The van der Waals surface area contributed by atoms with Crippen LogP contribution in [-0.2, 0) is 4.79 Å². The van der Waals surface area contributed by atoms with Gasteiger partial charge < -0.3 is 25.4 Å². The van der Waals surface area contributed by atoms with Crippen molar-refractivity contribution in [2.45, 2.75) is 31.8 Å². The zero-order valence-corrected chi connectivity index (χ0v) is 15.6. The largest absolute Gasteiger partial charge is 0.454 e. The van der Waals surface area contributed by atoms with Gasteiger partial charge in [0.15, 0.2) is 11.5 Å². The highest BCUT2D eigenvalue weighted by atomic mass is 16.7. The van der Waals surface area contributed by atoms with Crippen LogP contribution in [0.5, 0.6) is 11.5 Å². The number of carbonyl (C=O) groups excluding carboxylic acids is 2. The lowest BCUT2D eigenvalue weighted by molar-refractivity contribution is -0.133. The van der Waals surface area contributed by atoms with Gasteiger partial charge in [0.25, 0.3) is 5.91 Å². The fourth-order valence-corrected chi connectivity index (χ4v) is 3.55. The number of hydrogen-bond acceptors (Lipinski definition) is 6. The molecule has 2 aromatic rings. The second-order valence-electron chi connectivity index (χ2n) is 7.03. The van der Waals surface area contributed by atoms with Gasteiger partial charge in [0.1, 0.15) is 5.82 Å². The first-order chi connectivity index (χ1) is 13.5. The number of fused-ring (bicyclic) bond motifs is 1. The van der Waals surface area contributed by atoms with E-state index in [1.54, 1.807) is 42.3 Å². The van der Waals surface area contributed by atoms with E-state index < -0.39 is 6.04 Å². The minimum atomic E-state index is -0.488. The van der Waals surface area contributed by atoms with Crippen molar-refractivity contribution in [2.75, 3.05) is 25.2 Å². The molecule has 28 heavy (non-hydrogen) atoms. The molecular weight excluding hydrogens is 362 g/mol. The second kappa shape index (κ2) is 7.51. The zero-order chi connectivity index (χ0) is 19.7. The summed E-state index contributed by atoms with van der Waals surface area (Å²) in [6.45, 7) is 3.11. The van der Waals surface area contributed by atoms with E-state index in [0.29, 0.717) is 36.0 Å². The molecule has 9 heteroatoms. The Balaban J connectivity index is 1.42. The minimum Gasteiger partial charge on any atom is -0.454 e. The molecule has 2 aliphatic rings. The van der Waals surface area contributed by atoms with Gasteiger partial charge in [-0.25, -0.2) is 4.68 Å². The van der Waals surface area contributed by atoms with E-state index in [4.69, 9.17) is 15.2 Å². The molecule has 0 bridgehead atoms. The van der Waals surface area contributed by atoms with Crippen LogP contribution < -0.4 is 20.5 Å². The third-order valence-electron chi connectivity index (χ3n) is 5.06. The number of ether oxygens (including phenoxy) is 2. The molecule has 1 atom stereocenters. The molecule has 0 saturated carbocycles. The number of carbonyl (C=O) groups is 2. The average Bonchev–Trinajstić information content (AvgIpc) is 3.36. The van der Waals surface area contributed by atoms with Crippen molar-refractivity contribution in [1.29, 1.82) is 0 Å². The number of likely N-dealkylation sites (tertiary alicyclic amines) is 1. The van der Waals surface area contributed by atoms with Gasteiger partial charge in [-0.1, -0.05) is 0 Å². The molecule has 0 spiro atoms. The number of aromatic nitrogens is 2. The maximum absolute atomic E-state index is 12.6. The van der Waals surface area contributed by atoms with Gasteiger partial charge in [0, 0.05) is 24.7 Å². The van der Waals surface area contributed by atoms with Crippen LogP contribution in [0.25, 0.3) is 0 Å². The number of nitrogens with zero attached hydrogens (tertiary/aromatic N) is 3. The summed E-state index contributed by atoms with van der Waals surface area (Å²) < 4.78 is 12.4. The third-order valence-corrected chi connectivity index (χ3v) is 5.06. The quantitative estimate of drug-likeness (QED) is 0.822. The van der Waals surface area contributed by atoms with Crippen LogP contribution in [0.1, 0.15) is 36.2 Å². The fourth-order valence-electron chi connectivity index (χ4n) is 3.55. The SMILES string of the molecule is C[C@@H](N)C(=O)N1CCC(n2nccc2NC(=O)c2ccc3c(c2)OCO3)CC1. The van der Waals surface area contributed by atoms with E-state index in [0.717, 1.165) is 12.8 Å². The number of amides is 2. The van der Waals surface area contributed by atoms with E-state index >= 15 is 0 Å². The highest BCUT2D eigenvalue weighted by Gasteiger charge is 2.27. The normalized spacial score (nSPS) is 17.4. The lowest BCUT2D eigenvalue weighted by Gasteiger charge is -2.33. The monoisotopic (exact) mass is 385 g/mol. The molecule has 148 valence electrons. The molecule has 2 amide bonds. The van der Waals surface area contributed by atoms with E-state index in [-0.39, 0.29) is 24.6 Å². The Hall–Kier alpha value is -3.07. The predicted octanol–water partition coefficient (Wildman–Crippen LogP) is 1.37. The number of rotatable bonds is 4. The molecule has 2 aliphatic heterocycles. The number of nitrogens with two attached hydrogens (primary N) is 1. The Morgan fingerprint density at radius 3 is 2.71 bits per heavy atom. The van der Waals surface area contributed by atoms with Crippen molar-refractivity contribution in [2.24, 2.45) is 5.73 Å². The molecule has 1 saturated heterocycles. The smallest absolute Gasteiger partial charge is 0.256 e. The first-order valence-electron chi connectivity index (χ1n) is 9.32. The number of hydrogen-bond donors (Lipinski definition) is 2. The molecule has 1 fully saturated rings. The number of piperidine rings is 1. The first kappa shape index (κ1) is 18.3. The Kier molecular flexibility index (Phi) is 4.91. The molecule has 1 aromatic carbocycles.